The Morgan fingerprint density at radius 2 is 2.25 bits per heavy atom. The highest BCUT2D eigenvalue weighted by atomic mass is 32.1. The predicted molar refractivity (Wildman–Crippen MR) is 79.6 cm³/mol. The molecule has 0 radical (unpaired) electrons. The number of carbonyl (C=O) groups excluding carboxylic acids is 2. The number of fused-ring (bicyclic) bond motifs is 1. The highest BCUT2D eigenvalue weighted by Crippen LogP contribution is 2.23. The van der Waals surface area contributed by atoms with E-state index in [9.17, 15) is 9.59 Å². The van der Waals surface area contributed by atoms with Crippen LogP contribution >= 0.6 is 11.3 Å². The maximum Gasteiger partial charge on any atom is 0.236 e. The first-order chi connectivity index (χ1) is 9.58. The van der Waals surface area contributed by atoms with Crippen molar-refractivity contribution < 1.29 is 9.59 Å². The molecule has 0 spiro atoms. The molecular formula is C14H21N3O2S. The minimum atomic E-state index is 0.0748. The predicted octanol–water partition coefficient (Wildman–Crippen LogP) is 0.701. The average molecular weight is 295 g/mol. The Hall–Kier alpha value is -1.40. The fraction of sp³-hybridized carbons (Fsp3) is 0.571. The van der Waals surface area contributed by atoms with E-state index in [1.807, 2.05) is 4.90 Å². The topological polar surface area (TPSA) is 52.7 Å². The maximum absolute atomic E-state index is 12.1. The highest BCUT2D eigenvalue weighted by molar-refractivity contribution is 7.10. The average Bonchev–Trinajstić information content (AvgIpc) is 2.90. The van der Waals surface area contributed by atoms with E-state index in [0.29, 0.717) is 19.5 Å². The van der Waals surface area contributed by atoms with Crippen LogP contribution in [-0.2, 0) is 22.6 Å². The van der Waals surface area contributed by atoms with Gasteiger partial charge in [-0.05, 0) is 23.4 Å². The highest BCUT2D eigenvalue weighted by Gasteiger charge is 2.20. The molecule has 2 rings (SSSR count). The van der Waals surface area contributed by atoms with Gasteiger partial charge >= 0.3 is 0 Å². The lowest BCUT2D eigenvalue weighted by Crippen LogP contribution is -2.41. The van der Waals surface area contributed by atoms with Crippen molar-refractivity contribution in [2.45, 2.75) is 19.4 Å². The quantitative estimate of drug-likeness (QED) is 0.814. The summed E-state index contributed by atoms with van der Waals surface area (Å²) in [5, 5.41) is 5.14. The van der Waals surface area contributed by atoms with E-state index in [4.69, 9.17) is 0 Å². The summed E-state index contributed by atoms with van der Waals surface area (Å²) >= 11 is 1.77. The molecule has 0 unspecified atom stereocenters. The molecule has 0 bridgehead atoms. The Kier molecular flexibility index (Phi) is 5.14. The van der Waals surface area contributed by atoms with Crippen LogP contribution in [0.4, 0.5) is 0 Å². The summed E-state index contributed by atoms with van der Waals surface area (Å²) in [5.41, 5.74) is 1.28. The molecule has 0 fully saturated rings. The van der Waals surface area contributed by atoms with Crippen molar-refractivity contribution in [3.63, 3.8) is 0 Å². The molecule has 0 saturated heterocycles. The molecule has 0 saturated carbocycles. The molecule has 2 amide bonds. The van der Waals surface area contributed by atoms with Crippen LogP contribution in [0.3, 0.4) is 0 Å². The zero-order valence-corrected chi connectivity index (χ0v) is 12.8. The molecule has 6 heteroatoms. The van der Waals surface area contributed by atoms with Gasteiger partial charge < -0.3 is 15.1 Å². The van der Waals surface area contributed by atoms with E-state index in [1.165, 1.54) is 10.4 Å². The van der Waals surface area contributed by atoms with Crippen molar-refractivity contribution in [1.82, 2.24) is 15.1 Å². The molecule has 5 nitrogen and oxygen atoms in total. The van der Waals surface area contributed by atoms with E-state index >= 15 is 0 Å². The molecule has 20 heavy (non-hydrogen) atoms. The van der Waals surface area contributed by atoms with Gasteiger partial charge in [-0.15, -0.1) is 11.3 Å². The number of nitrogens with one attached hydrogen (secondary N) is 1. The van der Waals surface area contributed by atoms with Crippen LogP contribution in [-0.4, -0.2) is 55.3 Å². The number of hydrogen-bond donors (Lipinski definition) is 1. The number of hydrogen-bond acceptors (Lipinski definition) is 4. The monoisotopic (exact) mass is 295 g/mol. The molecule has 110 valence electrons. The number of carbonyl (C=O) groups is 2. The van der Waals surface area contributed by atoms with E-state index < -0.39 is 0 Å². The van der Waals surface area contributed by atoms with Gasteiger partial charge in [0.25, 0.3) is 0 Å². The summed E-state index contributed by atoms with van der Waals surface area (Å²) in [6, 6.07) is 2.10. The first-order valence-corrected chi connectivity index (χ1v) is 7.70. The molecule has 1 aromatic rings. The summed E-state index contributed by atoms with van der Waals surface area (Å²) in [7, 11) is 3.47. The number of nitrogens with zero attached hydrogens (tertiary/aromatic N) is 2. The minimum Gasteiger partial charge on any atom is -0.349 e. The number of thiophene rings is 1. The van der Waals surface area contributed by atoms with Crippen LogP contribution < -0.4 is 5.32 Å². The van der Waals surface area contributed by atoms with Crippen molar-refractivity contribution in [3.8, 4) is 0 Å². The molecule has 1 aromatic heterocycles. The lowest BCUT2D eigenvalue weighted by molar-refractivity contribution is -0.132. The smallest absolute Gasteiger partial charge is 0.236 e. The van der Waals surface area contributed by atoms with Crippen LogP contribution in [0.2, 0.25) is 0 Å². The third kappa shape index (κ3) is 3.80. The molecule has 0 aromatic carbocycles. The molecule has 1 N–H and O–H groups in total. The summed E-state index contributed by atoms with van der Waals surface area (Å²) in [6.45, 7) is 2.36. The van der Waals surface area contributed by atoms with Crippen LogP contribution in [0.5, 0.6) is 0 Å². The van der Waals surface area contributed by atoms with Crippen molar-refractivity contribution in [1.29, 1.82) is 0 Å². The molecular weight excluding hydrogens is 274 g/mol. The Morgan fingerprint density at radius 3 is 3.00 bits per heavy atom. The van der Waals surface area contributed by atoms with E-state index in [-0.39, 0.29) is 11.8 Å². The molecule has 0 aliphatic carbocycles. The van der Waals surface area contributed by atoms with Crippen LogP contribution in [0, 0.1) is 0 Å². The van der Waals surface area contributed by atoms with Crippen molar-refractivity contribution >= 4 is 23.2 Å². The first kappa shape index (κ1) is 15.0. The van der Waals surface area contributed by atoms with Gasteiger partial charge in [-0.1, -0.05) is 0 Å². The molecule has 1 aliphatic heterocycles. The second kappa shape index (κ2) is 6.85. The lowest BCUT2D eigenvalue weighted by Gasteiger charge is -2.27. The van der Waals surface area contributed by atoms with Crippen molar-refractivity contribution in [2.75, 3.05) is 33.7 Å². The fourth-order valence-electron chi connectivity index (χ4n) is 2.19. The Morgan fingerprint density at radius 1 is 1.45 bits per heavy atom. The summed E-state index contributed by atoms with van der Waals surface area (Å²) in [6.07, 6.45) is 1.38. The van der Waals surface area contributed by atoms with Crippen LogP contribution in [0.15, 0.2) is 11.4 Å². The fourth-order valence-corrected chi connectivity index (χ4v) is 3.08. The zero-order chi connectivity index (χ0) is 14.5. The summed E-state index contributed by atoms with van der Waals surface area (Å²) < 4.78 is 0. The van der Waals surface area contributed by atoms with Gasteiger partial charge in [0, 0.05) is 45.0 Å². The van der Waals surface area contributed by atoms with Crippen LogP contribution in [0.1, 0.15) is 16.9 Å². The van der Waals surface area contributed by atoms with Crippen molar-refractivity contribution in [2.24, 2.45) is 0 Å². The Labute approximate surface area is 123 Å². The standard InChI is InChI=1S/C14H21N3O2S/c1-16(2)13(18)3-6-15-9-14(19)17-7-4-12-11(10-17)5-8-20-12/h5,8,15H,3-4,6-7,9-10H2,1-2H3. The van der Waals surface area contributed by atoms with E-state index in [2.05, 4.69) is 16.8 Å². The van der Waals surface area contributed by atoms with Gasteiger partial charge in [0.1, 0.15) is 0 Å². The minimum absolute atomic E-state index is 0.0748. The van der Waals surface area contributed by atoms with Gasteiger partial charge in [0.15, 0.2) is 0 Å². The SMILES string of the molecule is CN(C)C(=O)CCNCC(=O)N1CCc2sccc2C1. The van der Waals surface area contributed by atoms with Gasteiger partial charge in [0.2, 0.25) is 11.8 Å². The normalized spacial score (nSPS) is 14.0. The first-order valence-electron chi connectivity index (χ1n) is 6.82. The number of amides is 2. The second-order valence-corrected chi connectivity index (χ2v) is 6.15. The Balaban J connectivity index is 1.70. The zero-order valence-electron chi connectivity index (χ0n) is 12.0. The summed E-state index contributed by atoms with van der Waals surface area (Å²) in [5.74, 6) is 0.185. The maximum atomic E-state index is 12.1. The third-order valence-electron chi connectivity index (χ3n) is 3.45. The lowest BCUT2D eigenvalue weighted by atomic mass is 10.1. The van der Waals surface area contributed by atoms with E-state index in [0.717, 1.165) is 19.5 Å². The van der Waals surface area contributed by atoms with Gasteiger partial charge in [-0.25, -0.2) is 0 Å². The van der Waals surface area contributed by atoms with Gasteiger partial charge in [-0.3, -0.25) is 9.59 Å². The van der Waals surface area contributed by atoms with Gasteiger partial charge in [-0.2, -0.15) is 0 Å². The summed E-state index contributed by atoms with van der Waals surface area (Å²) in [4.78, 5) is 28.3. The van der Waals surface area contributed by atoms with Crippen molar-refractivity contribution in [3.05, 3.63) is 21.9 Å². The van der Waals surface area contributed by atoms with Gasteiger partial charge in [0.05, 0.1) is 6.54 Å². The van der Waals surface area contributed by atoms with Crippen LogP contribution in [0.25, 0.3) is 0 Å². The second-order valence-electron chi connectivity index (χ2n) is 5.15. The molecule has 2 heterocycles. The third-order valence-corrected chi connectivity index (χ3v) is 4.47. The molecule has 1 aliphatic rings. The largest absolute Gasteiger partial charge is 0.349 e. The Bertz CT molecular complexity index is 485. The van der Waals surface area contributed by atoms with E-state index in [1.54, 1.807) is 30.3 Å². The molecule has 0 atom stereocenters. The number of rotatable bonds is 5.